The molecule has 29 heavy (non-hydrogen) atoms. The zero-order valence-electron chi connectivity index (χ0n) is 17.3. The Bertz CT molecular complexity index is 926. The van der Waals surface area contributed by atoms with E-state index in [0.717, 1.165) is 22.6 Å². The fourth-order valence-electron chi connectivity index (χ4n) is 3.63. The van der Waals surface area contributed by atoms with Crippen LogP contribution in [0.2, 0.25) is 5.02 Å². The number of carbonyl (C=O) groups is 2. The number of hydrogen-bond acceptors (Lipinski definition) is 3. The summed E-state index contributed by atoms with van der Waals surface area (Å²) in [5, 5.41) is 3.27. The summed E-state index contributed by atoms with van der Waals surface area (Å²) in [4.78, 5) is 26.1. The van der Waals surface area contributed by atoms with Crippen molar-refractivity contribution in [1.29, 1.82) is 0 Å². The molecule has 0 unspecified atom stereocenters. The van der Waals surface area contributed by atoms with Crippen LogP contribution in [-0.2, 0) is 9.59 Å². The van der Waals surface area contributed by atoms with Crippen molar-refractivity contribution in [3.63, 3.8) is 0 Å². The standard InChI is InChI=1S/C23H27ClN2O3/c1-14(2)18-8-6-15(3)12-21(18)29-11-5-10-26-20-9-7-17(24)13-19(20)22(23(26)28)25-16(4)27/h6-9,12-14,22H,5,10-11H2,1-4H3,(H,25,27)/t22-/m1/s1. The second-order valence-corrected chi connectivity index (χ2v) is 8.16. The number of nitrogens with one attached hydrogen (secondary N) is 1. The summed E-state index contributed by atoms with van der Waals surface area (Å²) in [6.07, 6.45) is 0.673. The van der Waals surface area contributed by atoms with Crippen LogP contribution >= 0.6 is 11.6 Å². The molecule has 0 fully saturated rings. The number of benzene rings is 2. The van der Waals surface area contributed by atoms with Gasteiger partial charge in [0.05, 0.1) is 6.61 Å². The summed E-state index contributed by atoms with van der Waals surface area (Å²) in [5.74, 6) is 0.882. The monoisotopic (exact) mass is 414 g/mol. The van der Waals surface area contributed by atoms with E-state index in [-0.39, 0.29) is 11.8 Å². The molecule has 0 spiro atoms. The smallest absolute Gasteiger partial charge is 0.254 e. The molecule has 1 aliphatic heterocycles. The second kappa shape index (κ2) is 8.87. The number of ether oxygens (including phenoxy) is 1. The molecule has 3 rings (SSSR count). The zero-order valence-corrected chi connectivity index (χ0v) is 18.0. The first-order valence-corrected chi connectivity index (χ1v) is 10.3. The van der Waals surface area contributed by atoms with Gasteiger partial charge >= 0.3 is 0 Å². The number of amides is 2. The Kier molecular flexibility index (Phi) is 6.48. The minimum atomic E-state index is -0.688. The van der Waals surface area contributed by atoms with Gasteiger partial charge in [-0.2, -0.15) is 0 Å². The lowest BCUT2D eigenvalue weighted by atomic mass is 10.0. The van der Waals surface area contributed by atoms with E-state index in [2.05, 4.69) is 37.4 Å². The van der Waals surface area contributed by atoms with Gasteiger partial charge < -0.3 is 15.0 Å². The van der Waals surface area contributed by atoms with Crippen molar-refractivity contribution in [3.05, 3.63) is 58.1 Å². The van der Waals surface area contributed by atoms with Crippen molar-refractivity contribution in [2.75, 3.05) is 18.1 Å². The fourth-order valence-corrected chi connectivity index (χ4v) is 3.81. The third-order valence-electron chi connectivity index (χ3n) is 5.03. The Morgan fingerprint density at radius 1 is 1.24 bits per heavy atom. The lowest BCUT2D eigenvalue weighted by Gasteiger charge is -2.19. The van der Waals surface area contributed by atoms with E-state index >= 15 is 0 Å². The minimum Gasteiger partial charge on any atom is -0.493 e. The number of nitrogens with zero attached hydrogens (tertiary/aromatic N) is 1. The van der Waals surface area contributed by atoms with Crippen LogP contribution in [0.25, 0.3) is 0 Å². The maximum absolute atomic E-state index is 12.9. The molecule has 1 atom stereocenters. The first-order valence-electron chi connectivity index (χ1n) is 9.89. The van der Waals surface area contributed by atoms with Crippen molar-refractivity contribution >= 4 is 29.1 Å². The van der Waals surface area contributed by atoms with E-state index in [9.17, 15) is 9.59 Å². The highest BCUT2D eigenvalue weighted by Gasteiger charge is 2.37. The average Bonchev–Trinajstić information content (AvgIpc) is 2.89. The van der Waals surface area contributed by atoms with Gasteiger partial charge in [0, 0.05) is 29.7 Å². The number of anilines is 1. The highest BCUT2D eigenvalue weighted by molar-refractivity contribution is 6.31. The summed E-state index contributed by atoms with van der Waals surface area (Å²) in [6, 6.07) is 10.9. The zero-order chi connectivity index (χ0) is 21.1. The summed E-state index contributed by atoms with van der Waals surface area (Å²) in [7, 11) is 0. The first kappa shape index (κ1) is 21.2. The van der Waals surface area contributed by atoms with E-state index in [0.29, 0.717) is 30.5 Å². The number of fused-ring (bicyclic) bond motifs is 1. The molecule has 2 amide bonds. The second-order valence-electron chi connectivity index (χ2n) is 7.72. The molecule has 1 heterocycles. The molecule has 0 saturated carbocycles. The van der Waals surface area contributed by atoms with Gasteiger partial charge in [0.15, 0.2) is 0 Å². The highest BCUT2D eigenvalue weighted by atomic mass is 35.5. The van der Waals surface area contributed by atoms with Gasteiger partial charge in [-0.25, -0.2) is 0 Å². The number of aryl methyl sites for hydroxylation is 1. The van der Waals surface area contributed by atoms with E-state index in [4.69, 9.17) is 16.3 Å². The fraction of sp³-hybridized carbons (Fsp3) is 0.391. The van der Waals surface area contributed by atoms with E-state index in [1.165, 1.54) is 12.5 Å². The predicted molar refractivity (Wildman–Crippen MR) is 116 cm³/mol. The van der Waals surface area contributed by atoms with E-state index in [1.807, 2.05) is 13.0 Å². The molecule has 1 aliphatic rings. The molecule has 2 aromatic carbocycles. The van der Waals surface area contributed by atoms with Crippen LogP contribution in [0.1, 0.15) is 55.8 Å². The Morgan fingerprint density at radius 2 is 2.00 bits per heavy atom. The van der Waals surface area contributed by atoms with Gasteiger partial charge in [0.25, 0.3) is 5.91 Å². The molecular formula is C23H27ClN2O3. The van der Waals surface area contributed by atoms with Crippen LogP contribution in [0, 0.1) is 6.92 Å². The van der Waals surface area contributed by atoms with Gasteiger partial charge in [-0.15, -0.1) is 0 Å². The van der Waals surface area contributed by atoms with Crippen molar-refractivity contribution in [2.24, 2.45) is 0 Å². The van der Waals surface area contributed by atoms with Crippen molar-refractivity contribution in [1.82, 2.24) is 5.32 Å². The maximum atomic E-state index is 12.9. The summed E-state index contributed by atoms with van der Waals surface area (Å²) < 4.78 is 6.04. The van der Waals surface area contributed by atoms with Crippen LogP contribution < -0.4 is 15.0 Å². The molecule has 154 valence electrons. The molecule has 1 N–H and O–H groups in total. The molecule has 0 saturated heterocycles. The van der Waals surface area contributed by atoms with Gasteiger partial charge in [-0.1, -0.05) is 37.6 Å². The molecule has 0 radical (unpaired) electrons. The first-order chi connectivity index (χ1) is 13.8. The van der Waals surface area contributed by atoms with Crippen LogP contribution in [0.15, 0.2) is 36.4 Å². The number of hydrogen-bond donors (Lipinski definition) is 1. The molecule has 0 bridgehead atoms. The summed E-state index contributed by atoms with van der Waals surface area (Å²) in [5.41, 5.74) is 3.86. The quantitative estimate of drug-likeness (QED) is 0.664. The van der Waals surface area contributed by atoms with Gasteiger partial charge in [0.1, 0.15) is 11.8 Å². The lowest BCUT2D eigenvalue weighted by Crippen LogP contribution is -2.37. The molecule has 2 aromatic rings. The van der Waals surface area contributed by atoms with Crippen LogP contribution in [-0.4, -0.2) is 25.0 Å². The Hall–Kier alpha value is -2.53. The Labute approximate surface area is 177 Å². The topological polar surface area (TPSA) is 58.6 Å². The number of halogens is 1. The van der Waals surface area contributed by atoms with Crippen molar-refractivity contribution in [3.8, 4) is 5.75 Å². The largest absolute Gasteiger partial charge is 0.493 e. The number of rotatable bonds is 7. The molecule has 6 heteroatoms. The summed E-state index contributed by atoms with van der Waals surface area (Å²) in [6.45, 7) is 8.74. The summed E-state index contributed by atoms with van der Waals surface area (Å²) >= 11 is 6.11. The molecule has 0 aromatic heterocycles. The molecule has 5 nitrogen and oxygen atoms in total. The third-order valence-corrected chi connectivity index (χ3v) is 5.26. The van der Waals surface area contributed by atoms with Crippen molar-refractivity contribution in [2.45, 2.75) is 46.1 Å². The lowest BCUT2D eigenvalue weighted by molar-refractivity contribution is -0.126. The Morgan fingerprint density at radius 3 is 2.69 bits per heavy atom. The number of carbonyl (C=O) groups excluding carboxylic acids is 2. The van der Waals surface area contributed by atoms with Crippen LogP contribution in [0.5, 0.6) is 5.75 Å². The van der Waals surface area contributed by atoms with Crippen LogP contribution in [0.4, 0.5) is 5.69 Å². The average molecular weight is 415 g/mol. The van der Waals surface area contributed by atoms with Gasteiger partial charge in [-0.05, 0) is 54.7 Å². The van der Waals surface area contributed by atoms with Gasteiger partial charge in [-0.3, -0.25) is 9.59 Å². The maximum Gasteiger partial charge on any atom is 0.254 e. The van der Waals surface area contributed by atoms with Crippen molar-refractivity contribution < 1.29 is 14.3 Å². The van der Waals surface area contributed by atoms with E-state index in [1.54, 1.807) is 17.0 Å². The predicted octanol–water partition coefficient (Wildman–Crippen LogP) is 4.76. The van der Waals surface area contributed by atoms with Crippen LogP contribution in [0.3, 0.4) is 0 Å². The molecular weight excluding hydrogens is 388 g/mol. The highest BCUT2D eigenvalue weighted by Crippen LogP contribution is 2.37. The van der Waals surface area contributed by atoms with Gasteiger partial charge in [0.2, 0.25) is 5.91 Å². The van der Waals surface area contributed by atoms with E-state index < -0.39 is 6.04 Å². The SMILES string of the molecule is CC(=O)N[C@H]1C(=O)N(CCCOc2cc(C)ccc2C(C)C)c2ccc(Cl)cc21. The molecule has 0 aliphatic carbocycles. The normalized spacial score (nSPS) is 15.6. The Balaban J connectivity index is 1.68. The minimum absolute atomic E-state index is 0.143. The third kappa shape index (κ3) is 4.73.